The molecule has 0 saturated heterocycles. The van der Waals surface area contributed by atoms with E-state index in [0.717, 1.165) is 12.8 Å². The molecular weight excluding hydrogens is 368 g/mol. The summed E-state index contributed by atoms with van der Waals surface area (Å²) in [6, 6.07) is 0. The van der Waals surface area contributed by atoms with Crippen molar-refractivity contribution in [2.24, 2.45) is 18.0 Å². The zero-order valence-corrected chi connectivity index (χ0v) is 17.2. The zero-order chi connectivity index (χ0) is 19.9. The first-order chi connectivity index (χ1) is 12.7. The summed E-state index contributed by atoms with van der Waals surface area (Å²) in [5.74, 6) is 0.931. The monoisotopic (exact) mass is 400 g/mol. The largest absolute Gasteiger partial charge is 0.383 e. The van der Waals surface area contributed by atoms with Gasteiger partial charge in [0.2, 0.25) is 10.0 Å². The molecule has 10 heteroatoms. The maximum Gasteiger partial charge on any atom is 0.213 e. The van der Waals surface area contributed by atoms with Crippen molar-refractivity contribution in [3.05, 3.63) is 18.0 Å². The second-order valence-electron chi connectivity index (χ2n) is 7.26. The van der Waals surface area contributed by atoms with Crippen LogP contribution in [0, 0.1) is 5.92 Å². The van der Waals surface area contributed by atoms with Crippen LogP contribution in [-0.4, -0.2) is 61.2 Å². The Hall–Kier alpha value is -1.65. The molecule has 1 aromatic rings. The van der Waals surface area contributed by atoms with E-state index in [1.54, 1.807) is 31.0 Å². The molecule has 154 valence electrons. The predicted octanol–water partition coefficient (Wildman–Crippen LogP) is -0.0978. The van der Waals surface area contributed by atoms with Crippen LogP contribution in [0.2, 0.25) is 0 Å². The Morgan fingerprint density at radius 2 is 2.19 bits per heavy atom. The SMILES string of the molecule is CCNC(=NCC(C)(O)c1cnn(C)c1)NCCS(=O)(=O)NCC1CCC1. The van der Waals surface area contributed by atoms with Crippen molar-refractivity contribution in [2.75, 3.05) is 31.9 Å². The van der Waals surface area contributed by atoms with Gasteiger partial charge in [0.1, 0.15) is 5.60 Å². The highest BCUT2D eigenvalue weighted by Gasteiger charge is 2.25. The lowest BCUT2D eigenvalue weighted by molar-refractivity contribution is 0.0672. The van der Waals surface area contributed by atoms with Gasteiger partial charge >= 0.3 is 0 Å². The van der Waals surface area contributed by atoms with Crippen LogP contribution in [0.3, 0.4) is 0 Å². The summed E-state index contributed by atoms with van der Waals surface area (Å²) in [7, 11) is -1.52. The fraction of sp³-hybridized carbons (Fsp3) is 0.765. The van der Waals surface area contributed by atoms with Crippen LogP contribution in [-0.2, 0) is 22.7 Å². The molecule has 1 atom stereocenters. The number of aromatic nitrogens is 2. The fourth-order valence-electron chi connectivity index (χ4n) is 2.68. The maximum atomic E-state index is 12.1. The van der Waals surface area contributed by atoms with Gasteiger partial charge in [0, 0.05) is 38.4 Å². The molecule has 1 unspecified atom stereocenters. The van der Waals surface area contributed by atoms with Gasteiger partial charge in [-0.15, -0.1) is 0 Å². The topological polar surface area (TPSA) is 121 Å². The first kappa shape index (κ1) is 21.6. The average Bonchev–Trinajstić information content (AvgIpc) is 2.98. The third kappa shape index (κ3) is 7.11. The minimum Gasteiger partial charge on any atom is -0.383 e. The summed E-state index contributed by atoms with van der Waals surface area (Å²) in [6.45, 7) is 5.12. The summed E-state index contributed by atoms with van der Waals surface area (Å²) < 4.78 is 28.4. The predicted molar refractivity (Wildman–Crippen MR) is 106 cm³/mol. The van der Waals surface area contributed by atoms with Gasteiger partial charge in [-0.25, -0.2) is 18.1 Å². The van der Waals surface area contributed by atoms with Gasteiger partial charge in [0.15, 0.2) is 5.96 Å². The van der Waals surface area contributed by atoms with Crippen LogP contribution < -0.4 is 15.4 Å². The number of aliphatic imine (C=N–C) groups is 1. The van der Waals surface area contributed by atoms with E-state index in [1.807, 2.05) is 6.92 Å². The van der Waals surface area contributed by atoms with Gasteiger partial charge in [0.05, 0.1) is 18.5 Å². The molecule has 9 nitrogen and oxygen atoms in total. The van der Waals surface area contributed by atoms with E-state index < -0.39 is 15.6 Å². The highest BCUT2D eigenvalue weighted by Crippen LogP contribution is 2.25. The molecule has 1 fully saturated rings. The number of nitrogens with zero attached hydrogens (tertiary/aromatic N) is 3. The van der Waals surface area contributed by atoms with Crippen molar-refractivity contribution in [2.45, 2.75) is 38.7 Å². The Labute approximate surface area is 161 Å². The molecule has 2 rings (SSSR count). The molecule has 0 bridgehead atoms. The van der Waals surface area contributed by atoms with Gasteiger partial charge < -0.3 is 15.7 Å². The molecule has 0 spiro atoms. The lowest BCUT2D eigenvalue weighted by atomic mass is 9.86. The smallest absolute Gasteiger partial charge is 0.213 e. The fourth-order valence-corrected chi connectivity index (χ4v) is 3.69. The van der Waals surface area contributed by atoms with Gasteiger partial charge in [-0.2, -0.15) is 5.10 Å². The van der Waals surface area contributed by atoms with E-state index >= 15 is 0 Å². The first-order valence-corrected chi connectivity index (χ1v) is 11.1. The highest BCUT2D eigenvalue weighted by molar-refractivity contribution is 7.89. The van der Waals surface area contributed by atoms with Gasteiger partial charge in [-0.1, -0.05) is 6.42 Å². The van der Waals surface area contributed by atoms with Crippen LogP contribution in [0.1, 0.15) is 38.7 Å². The minimum atomic E-state index is -3.30. The van der Waals surface area contributed by atoms with Crippen molar-refractivity contribution < 1.29 is 13.5 Å². The second kappa shape index (κ2) is 9.52. The van der Waals surface area contributed by atoms with Crippen LogP contribution in [0.25, 0.3) is 0 Å². The minimum absolute atomic E-state index is 0.0247. The van der Waals surface area contributed by atoms with Crippen molar-refractivity contribution in [3.63, 3.8) is 0 Å². The average molecular weight is 401 g/mol. The third-order valence-corrected chi connectivity index (χ3v) is 6.04. The number of rotatable bonds is 10. The Kier molecular flexibility index (Phi) is 7.63. The quantitative estimate of drug-likeness (QED) is 0.322. The second-order valence-corrected chi connectivity index (χ2v) is 9.19. The molecule has 0 aromatic carbocycles. The summed E-state index contributed by atoms with van der Waals surface area (Å²) in [5, 5.41) is 20.7. The van der Waals surface area contributed by atoms with E-state index in [-0.39, 0.29) is 18.8 Å². The van der Waals surface area contributed by atoms with Crippen molar-refractivity contribution in [1.82, 2.24) is 25.1 Å². The summed E-state index contributed by atoms with van der Waals surface area (Å²) in [4.78, 5) is 4.38. The molecule has 1 aliphatic carbocycles. The first-order valence-electron chi connectivity index (χ1n) is 9.43. The van der Waals surface area contributed by atoms with E-state index in [0.29, 0.717) is 30.5 Å². The lowest BCUT2D eigenvalue weighted by Gasteiger charge is -2.25. The Morgan fingerprint density at radius 1 is 1.44 bits per heavy atom. The van der Waals surface area contributed by atoms with E-state index in [9.17, 15) is 13.5 Å². The van der Waals surface area contributed by atoms with Gasteiger partial charge in [-0.3, -0.25) is 4.68 Å². The summed E-state index contributed by atoms with van der Waals surface area (Å²) >= 11 is 0. The van der Waals surface area contributed by atoms with Crippen LogP contribution in [0.5, 0.6) is 0 Å². The molecule has 0 radical (unpaired) electrons. The molecule has 1 aliphatic rings. The molecule has 0 amide bonds. The van der Waals surface area contributed by atoms with Gasteiger partial charge in [-0.05, 0) is 32.6 Å². The number of hydrogen-bond acceptors (Lipinski definition) is 5. The normalized spacial score (nSPS) is 18.0. The van der Waals surface area contributed by atoms with Gasteiger partial charge in [0.25, 0.3) is 0 Å². The van der Waals surface area contributed by atoms with Crippen LogP contribution in [0.15, 0.2) is 17.4 Å². The molecule has 1 heterocycles. The summed E-state index contributed by atoms with van der Waals surface area (Å²) in [6.07, 6.45) is 6.76. The van der Waals surface area contributed by atoms with E-state index in [2.05, 4.69) is 25.4 Å². The third-order valence-electron chi connectivity index (χ3n) is 4.70. The number of aryl methyl sites for hydroxylation is 1. The van der Waals surface area contributed by atoms with Crippen molar-refractivity contribution in [1.29, 1.82) is 0 Å². The van der Waals surface area contributed by atoms with E-state index in [1.165, 1.54) is 6.42 Å². The highest BCUT2D eigenvalue weighted by atomic mass is 32.2. The molecule has 0 aliphatic heterocycles. The Bertz CT molecular complexity index is 725. The Morgan fingerprint density at radius 3 is 2.74 bits per heavy atom. The number of hydrogen-bond donors (Lipinski definition) is 4. The molecule has 4 N–H and O–H groups in total. The molecule has 1 aromatic heterocycles. The molecule has 1 saturated carbocycles. The Balaban J connectivity index is 1.83. The van der Waals surface area contributed by atoms with Crippen LogP contribution >= 0.6 is 0 Å². The van der Waals surface area contributed by atoms with Crippen molar-refractivity contribution >= 4 is 16.0 Å². The van der Waals surface area contributed by atoms with Crippen LogP contribution in [0.4, 0.5) is 0 Å². The zero-order valence-electron chi connectivity index (χ0n) is 16.4. The number of guanidine groups is 1. The lowest BCUT2D eigenvalue weighted by Crippen LogP contribution is -2.42. The summed E-state index contributed by atoms with van der Waals surface area (Å²) in [5.41, 5.74) is -0.486. The molecular formula is C17H32N6O3S. The number of aliphatic hydroxyl groups is 1. The van der Waals surface area contributed by atoms with E-state index in [4.69, 9.17) is 0 Å². The molecule has 27 heavy (non-hydrogen) atoms. The number of nitrogens with one attached hydrogen (secondary N) is 3. The van der Waals surface area contributed by atoms with Crippen molar-refractivity contribution in [3.8, 4) is 0 Å². The maximum absolute atomic E-state index is 12.1. The number of sulfonamides is 1. The standard InChI is InChI=1S/C17H32N6O3S/c1-4-18-16(20-13-17(2,24)15-11-21-23(3)12-15)19-8-9-27(25,26)22-10-14-6-5-7-14/h11-12,14,22,24H,4-10,13H2,1-3H3,(H2,18,19,20).